The highest BCUT2D eigenvalue weighted by Gasteiger charge is 2.40. The van der Waals surface area contributed by atoms with Crippen molar-refractivity contribution < 1.29 is 4.74 Å². The molecular formula is C13H26N2O. The fourth-order valence-corrected chi connectivity index (χ4v) is 3.38. The molecule has 1 heterocycles. The summed E-state index contributed by atoms with van der Waals surface area (Å²) < 4.78 is 5.43. The van der Waals surface area contributed by atoms with Gasteiger partial charge in [-0.3, -0.25) is 4.90 Å². The van der Waals surface area contributed by atoms with E-state index in [1.165, 1.54) is 32.4 Å². The zero-order valence-corrected chi connectivity index (χ0v) is 10.9. The molecule has 3 heteroatoms. The molecule has 5 atom stereocenters. The normalized spacial score (nSPS) is 39.4. The van der Waals surface area contributed by atoms with Crippen molar-refractivity contribution in [2.24, 2.45) is 17.6 Å². The predicted molar refractivity (Wildman–Crippen MR) is 66.3 cm³/mol. The lowest BCUT2D eigenvalue weighted by atomic mass is 9.78. The van der Waals surface area contributed by atoms with Crippen molar-refractivity contribution >= 4 is 0 Å². The van der Waals surface area contributed by atoms with Gasteiger partial charge in [-0.2, -0.15) is 0 Å². The molecule has 2 fully saturated rings. The maximum absolute atomic E-state index is 6.23. The highest BCUT2D eigenvalue weighted by Crippen LogP contribution is 2.36. The Labute approximate surface area is 99.3 Å². The van der Waals surface area contributed by atoms with Gasteiger partial charge < -0.3 is 10.5 Å². The Bertz CT molecular complexity index is 234. The van der Waals surface area contributed by atoms with Crippen LogP contribution >= 0.6 is 0 Å². The number of nitrogens with two attached hydrogens (primary N) is 1. The zero-order chi connectivity index (χ0) is 11.7. The molecule has 0 bridgehead atoms. The number of ether oxygens (including phenoxy) is 1. The van der Waals surface area contributed by atoms with Crippen LogP contribution in [0.25, 0.3) is 0 Å². The minimum atomic E-state index is 0.316. The highest BCUT2D eigenvalue weighted by atomic mass is 16.5. The summed E-state index contributed by atoms with van der Waals surface area (Å²) in [4.78, 5) is 2.58. The summed E-state index contributed by atoms with van der Waals surface area (Å²) in [6.45, 7) is 6.84. The third kappa shape index (κ3) is 2.27. The summed E-state index contributed by atoms with van der Waals surface area (Å²) in [5.74, 6) is 1.58. The van der Waals surface area contributed by atoms with E-state index in [-0.39, 0.29) is 0 Å². The first-order valence-electron chi connectivity index (χ1n) is 6.66. The summed E-state index contributed by atoms with van der Waals surface area (Å²) >= 11 is 0. The standard InChI is InChI=1S/C13H26N2O/c1-9(10(2)16-3)15-7-11-5-4-6-13(14)12(11)8-15/h9-13H,4-8,14H2,1-3H3. The van der Waals surface area contributed by atoms with Gasteiger partial charge in [-0.1, -0.05) is 6.42 Å². The Balaban J connectivity index is 1.95. The van der Waals surface area contributed by atoms with Crippen molar-refractivity contribution in [3.8, 4) is 0 Å². The average Bonchev–Trinajstić information content (AvgIpc) is 2.72. The minimum absolute atomic E-state index is 0.316. The van der Waals surface area contributed by atoms with Crippen LogP contribution < -0.4 is 5.73 Å². The second kappa shape index (κ2) is 5.03. The van der Waals surface area contributed by atoms with Gasteiger partial charge in [0.25, 0.3) is 0 Å². The van der Waals surface area contributed by atoms with E-state index in [0.717, 1.165) is 11.8 Å². The summed E-state index contributed by atoms with van der Waals surface area (Å²) in [5, 5.41) is 0. The molecule has 0 aromatic carbocycles. The highest BCUT2D eigenvalue weighted by molar-refractivity contribution is 4.95. The molecule has 0 amide bonds. The molecule has 0 aromatic rings. The summed E-state index contributed by atoms with van der Waals surface area (Å²) in [5.41, 5.74) is 6.23. The smallest absolute Gasteiger partial charge is 0.0695 e. The van der Waals surface area contributed by atoms with Gasteiger partial charge in [0, 0.05) is 32.3 Å². The zero-order valence-electron chi connectivity index (χ0n) is 10.9. The van der Waals surface area contributed by atoms with Crippen LogP contribution in [-0.2, 0) is 4.74 Å². The molecule has 2 aliphatic rings. The Hall–Kier alpha value is -0.120. The summed E-state index contributed by atoms with van der Waals surface area (Å²) in [7, 11) is 1.80. The molecule has 5 unspecified atom stereocenters. The molecule has 0 radical (unpaired) electrons. The molecule has 2 rings (SSSR count). The van der Waals surface area contributed by atoms with E-state index >= 15 is 0 Å². The number of hydrogen-bond acceptors (Lipinski definition) is 3. The first-order chi connectivity index (χ1) is 7.63. The van der Waals surface area contributed by atoms with Gasteiger partial charge in [0.2, 0.25) is 0 Å². The number of likely N-dealkylation sites (tertiary alicyclic amines) is 1. The number of rotatable bonds is 3. The first kappa shape index (κ1) is 12.3. The Morgan fingerprint density at radius 3 is 2.62 bits per heavy atom. The largest absolute Gasteiger partial charge is 0.380 e. The second-order valence-electron chi connectivity index (χ2n) is 5.65. The predicted octanol–water partition coefficient (Wildman–Crippen LogP) is 1.47. The molecule has 1 saturated heterocycles. The number of fused-ring (bicyclic) bond motifs is 1. The molecule has 94 valence electrons. The SMILES string of the molecule is COC(C)C(C)N1CC2CCCC(N)C2C1. The lowest BCUT2D eigenvalue weighted by Crippen LogP contribution is -2.41. The van der Waals surface area contributed by atoms with Crippen LogP contribution in [0.5, 0.6) is 0 Å². The topological polar surface area (TPSA) is 38.5 Å². The van der Waals surface area contributed by atoms with Crippen LogP contribution in [0.4, 0.5) is 0 Å². The van der Waals surface area contributed by atoms with Gasteiger partial charge in [0.1, 0.15) is 0 Å². The van der Waals surface area contributed by atoms with Crippen LogP contribution in [0, 0.1) is 11.8 Å². The molecule has 3 nitrogen and oxygen atoms in total. The number of nitrogens with zero attached hydrogens (tertiary/aromatic N) is 1. The molecule has 2 N–H and O–H groups in total. The van der Waals surface area contributed by atoms with E-state index in [4.69, 9.17) is 10.5 Å². The van der Waals surface area contributed by atoms with Gasteiger partial charge in [0.15, 0.2) is 0 Å². The minimum Gasteiger partial charge on any atom is -0.380 e. The van der Waals surface area contributed by atoms with Gasteiger partial charge in [-0.25, -0.2) is 0 Å². The van der Waals surface area contributed by atoms with E-state index in [0.29, 0.717) is 18.2 Å². The summed E-state index contributed by atoms with van der Waals surface area (Å²) in [6.07, 6.45) is 4.24. The third-order valence-electron chi connectivity index (χ3n) is 4.81. The maximum atomic E-state index is 6.23. The monoisotopic (exact) mass is 226 g/mol. The van der Waals surface area contributed by atoms with Crippen LogP contribution in [0.15, 0.2) is 0 Å². The van der Waals surface area contributed by atoms with Crippen molar-refractivity contribution in [3.63, 3.8) is 0 Å². The van der Waals surface area contributed by atoms with Crippen molar-refractivity contribution in [3.05, 3.63) is 0 Å². The number of hydrogen-bond donors (Lipinski definition) is 1. The van der Waals surface area contributed by atoms with Gasteiger partial charge >= 0.3 is 0 Å². The molecule has 0 spiro atoms. The molecule has 0 aromatic heterocycles. The van der Waals surface area contributed by atoms with E-state index in [1.54, 1.807) is 7.11 Å². The van der Waals surface area contributed by atoms with Crippen LogP contribution in [0.2, 0.25) is 0 Å². The van der Waals surface area contributed by atoms with Crippen LogP contribution in [0.3, 0.4) is 0 Å². The number of methoxy groups -OCH3 is 1. The molecular weight excluding hydrogens is 200 g/mol. The van der Waals surface area contributed by atoms with E-state index in [1.807, 2.05) is 0 Å². The van der Waals surface area contributed by atoms with Crippen molar-refractivity contribution in [1.82, 2.24) is 4.90 Å². The Morgan fingerprint density at radius 1 is 1.25 bits per heavy atom. The second-order valence-corrected chi connectivity index (χ2v) is 5.65. The maximum Gasteiger partial charge on any atom is 0.0695 e. The lowest BCUT2D eigenvalue weighted by Gasteiger charge is -2.30. The quantitative estimate of drug-likeness (QED) is 0.792. The van der Waals surface area contributed by atoms with E-state index in [2.05, 4.69) is 18.7 Å². The van der Waals surface area contributed by atoms with Crippen LogP contribution in [0.1, 0.15) is 33.1 Å². The van der Waals surface area contributed by atoms with E-state index in [9.17, 15) is 0 Å². The van der Waals surface area contributed by atoms with Gasteiger partial charge in [-0.05, 0) is 38.5 Å². The van der Waals surface area contributed by atoms with Crippen molar-refractivity contribution in [2.45, 2.75) is 51.3 Å². The molecule has 16 heavy (non-hydrogen) atoms. The Kier molecular flexibility index (Phi) is 3.88. The van der Waals surface area contributed by atoms with Gasteiger partial charge in [0.05, 0.1) is 6.10 Å². The van der Waals surface area contributed by atoms with Crippen LogP contribution in [-0.4, -0.2) is 43.3 Å². The third-order valence-corrected chi connectivity index (χ3v) is 4.81. The first-order valence-corrected chi connectivity index (χ1v) is 6.66. The fourth-order valence-electron chi connectivity index (χ4n) is 3.38. The van der Waals surface area contributed by atoms with E-state index < -0.39 is 0 Å². The van der Waals surface area contributed by atoms with Gasteiger partial charge in [-0.15, -0.1) is 0 Å². The molecule has 1 aliphatic carbocycles. The molecule has 1 aliphatic heterocycles. The average molecular weight is 226 g/mol. The van der Waals surface area contributed by atoms with Crippen molar-refractivity contribution in [1.29, 1.82) is 0 Å². The fraction of sp³-hybridized carbons (Fsp3) is 1.00. The molecule has 1 saturated carbocycles. The Morgan fingerprint density at radius 2 is 2.00 bits per heavy atom. The van der Waals surface area contributed by atoms with Crippen molar-refractivity contribution in [2.75, 3.05) is 20.2 Å². The lowest BCUT2D eigenvalue weighted by molar-refractivity contribution is 0.0407. The summed E-state index contributed by atoms with van der Waals surface area (Å²) in [6, 6.07) is 0.955.